The van der Waals surface area contributed by atoms with Gasteiger partial charge in [-0.3, -0.25) is 0 Å². The fourth-order valence-corrected chi connectivity index (χ4v) is 1.47. The number of hydrogen-bond donors (Lipinski definition) is 1. The van der Waals surface area contributed by atoms with Crippen molar-refractivity contribution in [2.45, 2.75) is 13.1 Å². The van der Waals surface area contributed by atoms with Crippen molar-refractivity contribution in [2.24, 2.45) is 5.92 Å². The Morgan fingerprint density at radius 1 is 1.21 bits per heavy atom. The topological polar surface area (TPSA) is 30.5 Å². The van der Waals surface area contributed by atoms with E-state index < -0.39 is 12.8 Å². The minimum absolute atomic E-state index is 0.202. The van der Waals surface area contributed by atoms with E-state index in [0.29, 0.717) is 12.5 Å². The molecule has 1 unspecified atom stereocenters. The summed E-state index contributed by atoms with van der Waals surface area (Å²) in [4.78, 5) is 0. The van der Waals surface area contributed by atoms with Crippen molar-refractivity contribution >= 4 is 5.69 Å². The van der Waals surface area contributed by atoms with Crippen molar-refractivity contribution in [3.63, 3.8) is 0 Å². The molecule has 1 rings (SSSR count). The van der Waals surface area contributed by atoms with E-state index in [4.69, 9.17) is 4.74 Å². The van der Waals surface area contributed by atoms with Gasteiger partial charge in [0.1, 0.15) is 5.75 Å². The SMILES string of the molecule is COCC(C)CNc1ccc(OCC(F)(F)F)cc1. The maximum atomic E-state index is 12.0. The van der Waals surface area contributed by atoms with Crippen LogP contribution in [0.4, 0.5) is 18.9 Å². The molecule has 0 spiro atoms. The molecule has 0 heterocycles. The normalized spacial score (nSPS) is 13.1. The van der Waals surface area contributed by atoms with E-state index in [1.165, 1.54) is 12.1 Å². The number of benzene rings is 1. The number of methoxy groups -OCH3 is 1. The number of nitrogens with one attached hydrogen (secondary N) is 1. The summed E-state index contributed by atoms with van der Waals surface area (Å²) in [5, 5.41) is 3.17. The van der Waals surface area contributed by atoms with Crippen molar-refractivity contribution in [3.05, 3.63) is 24.3 Å². The van der Waals surface area contributed by atoms with Crippen LogP contribution in [0, 0.1) is 5.92 Å². The zero-order valence-electron chi connectivity index (χ0n) is 11.0. The summed E-state index contributed by atoms with van der Waals surface area (Å²) in [6.45, 7) is 2.15. The summed E-state index contributed by atoms with van der Waals surface area (Å²) >= 11 is 0. The summed E-state index contributed by atoms with van der Waals surface area (Å²) in [5.74, 6) is 0.555. The Balaban J connectivity index is 2.39. The van der Waals surface area contributed by atoms with Crippen molar-refractivity contribution < 1.29 is 22.6 Å². The second-order valence-electron chi connectivity index (χ2n) is 4.37. The number of anilines is 1. The van der Waals surface area contributed by atoms with Gasteiger partial charge in [0.2, 0.25) is 0 Å². The molecular weight excluding hydrogens is 259 g/mol. The Morgan fingerprint density at radius 2 is 1.84 bits per heavy atom. The van der Waals surface area contributed by atoms with Gasteiger partial charge in [0.25, 0.3) is 0 Å². The molecular formula is C13H18F3NO2. The van der Waals surface area contributed by atoms with Crippen LogP contribution in [0.2, 0.25) is 0 Å². The standard InChI is InChI=1S/C13H18F3NO2/c1-10(8-18-2)7-17-11-3-5-12(6-4-11)19-9-13(14,15)16/h3-6,10,17H,7-9H2,1-2H3. The van der Waals surface area contributed by atoms with Gasteiger partial charge in [-0.05, 0) is 30.2 Å². The van der Waals surface area contributed by atoms with Crippen LogP contribution in [-0.4, -0.2) is 33.0 Å². The van der Waals surface area contributed by atoms with Gasteiger partial charge in [0, 0.05) is 19.3 Å². The van der Waals surface area contributed by atoms with E-state index in [1.807, 2.05) is 6.92 Å². The zero-order chi connectivity index (χ0) is 14.3. The molecule has 0 saturated carbocycles. The van der Waals surface area contributed by atoms with Crippen LogP contribution in [0.5, 0.6) is 5.75 Å². The highest BCUT2D eigenvalue weighted by atomic mass is 19.4. The predicted octanol–water partition coefficient (Wildman–Crippen LogP) is 3.32. The maximum Gasteiger partial charge on any atom is 0.422 e. The van der Waals surface area contributed by atoms with Gasteiger partial charge in [-0.2, -0.15) is 13.2 Å². The molecule has 19 heavy (non-hydrogen) atoms. The maximum absolute atomic E-state index is 12.0. The van der Waals surface area contributed by atoms with Gasteiger partial charge < -0.3 is 14.8 Å². The fraction of sp³-hybridized carbons (Fsp3) is 0.538. The predicted molar refractivity (Wildman–Crippen MR) is 67.5 cm³/mol. The quantitative estimate of drug-likeness (QED) is 0.829. The van der Waals surface area contributed by atoms with Gasteiger partial charge in [0.15, 0.2) is 6.61 Å². The molecule has 0 radical (unpaired) electrons. The Morgan fingerprint density at radius 3 is 2.37 bits per heavy atom. The first-order valence-corrected chi connectivity index (χ1v) is 5.93. The molecule has 1 atom stereocenters. The molecule has 6 heteroatoms. The molecule has 0 aliphatic heterocycles. The van der Waals surface area contributed by atoms with Crippen molar-refractivity contribution in [1.29, 1.82) is 0 Å². The molecule has 0 saturated heterocycles. The Bertz CT molecular complexity index is 365. The average Bonchev–Trinajstić information content (AvgIpc) is 2.34. The smallest absolute Gasteiger partial charge is 0.422 e. The van der Waals surface area contributed by atoms with Crippen LogP contribution < -0.4 is 10.1 Å². The van der Waals surface area contributed by atoms with Gasteiger partial charge >= 0.3 is 6.18 Å². The second kappa shape index (κ2) is 7.23. The lowest BCUT2D eigenvalue weighted by Crippen LogP contribution is -2.19. The van der Waals surface area contributed by atoms with E-state index >= 15 is 0 Å². The minimum atomic E-state index is -4.31. The van der Waals surface area contributed by atoms with E-state index in [1.54, 1.807) is 19.2 Å². The Kier molecular flexibility index (Phi) is 5.95. The van der Waals surface area contributed by atoms with Crippen LogP contribution >= 0.6 is 0 Å². The van der Waals surface area contributed by atoms with Crippen LogP contribution in [0.25, 0.3) is 0 Å². The minimum Gasteiger partial charge on any atom is -0.484 e. The molecule has 1 aromatic carbocycles. The molecule has 0 aliphatic rings. The van der Waals surface area contributed by atoms with E-state index in [2.05, 4.69) is 10.1 Å². The Labute approximate surface area is 110 Å². The first kappa shape index (κ1) is 15.6. The highest BCUT2D eigenvalue weighted by molar-refractivity contribution is 5.46. The van der Waals surface area contributed by atoms with Gasteiger partial charge in [0.05, 0.1) is 6.61 Å². The first-order chi connectivity index (χ1) is 8.90. The molecule has 108 valence electrons. The highest BCUT2D eigenvalue weighted by Crippen LogP contribution is 2.20. The molecule has 1 N–H and O–H groups in total. The summed E-state index contributed by atoms with van der Waals surface area (Å²) in [6.07, 6.45) is -4.31. The molecule has 1 aromatic rings. The number of halogens is 3. The zero-order valence-corrected chi connectivity index (χ0v) is 11.0. The lowest BCUT2D eigenvalue weighted by molar-refractivity contribution is -0.153. The second-order valence-corrected chi connectivity index (χ2v) is 4.37. The monoisotopic (exact) mass is 277 g/mol. The van der Waals surface area contributed by atoms with Crippen LogP contribution in [-0.2, 0) is 4.74 Å². The Hall–Kier alpha value is -1.43. The number of hydrogen-bond acceptors (Lipinski definition) is 3. The van der Waals surface area contributed by atoms with E-state index in [0.717, 1.165) is 12.2 Å². The summed E-state index contributed by atoms with van der Waals surface area (Å²) in [5.41, 5.74) is 0.835. The summed E-state index contributed by atoms with van der Waals surface area (Å²) in [6, 6.07) is 6.39. The number of alkyl halides is 3. The molecule has 3 nitrogen and oxygen atoms in total. The largest absolute Gasteiger partial charge is 0.484 e. The fourth-order valence-electron chi connectivity index (χ4n) is 1.47. The van der Waals surface area contributed by atoms with E-state index in [9.17, 15) is 13.2 Å². The average molecular weight is 277 g/mol. The molecule has 0 amide bonds. The van der Waals surface area contributed by atoms with Crippen LogP contribution in [0.15, 0.2) is 24.3 Å². The van der Waals surface area contributed by atoms with Gasteiger partial charge in [-0.1, -0.05) is 6.92 Å². The third-order valence-electron chi connectivity index (χ3n) is 2.36. The lowest BCUT2D eigenvalue weighted by atomic mass is 10.2. The highest BCUT2D eigenvalue weighted by Gasteiger charge is 2.28. The third-order valence-corrected chi connectivity index (χ3v) is 2.36. The van der Waals surface area contributed by atoms with Crippen molar-refractivity contribution in [2.75, 3.05) is 32.2 Å². The van der Waals surface area contributed by atoms with Gasteiger partial charge in [-0.25, -0.2) is 0 Å². The molecule has 0 bridgehead atoms. The van der Waals surface area contributed by atoms with Crippen molar-refractivity contribution in [3.8, 4) is 5.75 Å². The molecule has 0 fully saturated rings. The summed E-state index contributed by atoms with van der Waals surface area (Å²) < 4.78 is 45.5. The van der Waals surface area contributed by atoms with Gasteiger partial charge in [-0.15, -0.1) is 0 Å². The first-order valence-electron chi connectivity index (χ1n) is 5.93. The van der Waals surface area contributed by atoms with Crippen LogP contribution in [0.1, 0.15) is 6.92 Å². The number of rotatable bonds is 7. The lowest BCUT2D eigenvalue weighted by Gasteiger charge is -2.13. The van der Waals surface area contributed by atoms with Crippen molar-refractivity contribution in [1.82, 2.24) is 0 Å². The number of ether oxygens (including phenoxy) is 2. The van der Waals surface area contributed by atoms with Crippen LogP contribution in [0.3, 0.4) is 0 Å². The summed E-state index contributed by atoms with van der Waals surface area (Å²) in [7, 11) is 1.64. The molecule has 0 aliphatic carbocycles. The molecule has 0 aromatic heterocycles. The third kappa shape index (κ3) is 6.91. The van der Waals surface area contributed by atoms with E-state index in [-0.39, 0.29) is 5.75 Å².